The summed E-state index contributed by atoms with van der Waals surface area (Å²) in [4.78, 5) is 29.8. The second-order valence-electron chi connectivity index (χ2n) is 7.33. The van der Waals surface area contributed by atoms with E-state index in [1.54, 1.807) is 7.05 Å². The number of carbonyl (C=O) groups excluding carboxylic acids is 1. The van der Waals surface area contributed by atoms with E-state index in [4.69, 9.17) is 0 Å². The Balaban J connectivity index is 1.59. The number of hydrogen-bond donors (Lipinski definition) is 1. The van der Waals surface area contributed by atoms with E-state index in [1.807, 2.05) is 36.6 Å². The van der Waals surface area contributed by atoms with Crippen molar-refractivity contribution in [1.82, 2.24) is 9.55 Å². The minimum atomic E-state index is -4.58. The molecule has 4 rings (SSSR count). The van der Waals surface area contributed by atoms with Crippen LogP contribution in [0.25, 0.3) is 21.3 Å². The van der Waals surface area contributed by atoms with E-state index in [9.17, 15) is 22.8 Å². The van der Waals surface area contributed by atoms with E-state index in [1.165, 1.54) is 34.1 Å². The lowest BCUT2D eigenvalue weighted by atomic mass is 10.1. The van der Waals surface area contributed by atoms with Crippen molar-refractivity contribution in [3.05, 3.63) is 75.4 Å². The molecule has 2 aromatic heterocycles. The summed E-state index contributed by atoms with van der Waals surface area (Å²) in [6, 6.07) is 12.6. The topological polar surface area (TPSA) is 64.0 Å². The number of anilines is 1. The Morgan fingerprint density at radius 1 is 1.15 bits per heavy atom. The van der Waals surface area contributed by atoms with Gasteiger partial charge in [-0.15, -0.1) is 11.3 Å². The molecule has 0 atom stereocenters. The largest absolute Gasteiger partial charge is 0.418 e. The molecule has 0 unspecified atom stereocenters. The predicted molar refractivity (Wildman–Crippen MR) is 126 cm³/mol. The number of halogens is 3. The highest BCUT2D eigenvalue weighted by molar-refractivity contribution is 7.99. The molecule has 33 heavy (non-hydrogen) atoms. The van der Waals surface area contributed by atoms with Crippen LogP contribution in [0.1, 0.15) is 11.1 Å². The quantitative estimate of drug-likeness (QED) is 0.288. The number of aryl methyl sites for hydroxylation is 1. The van der Waals surface area contributed by atoms with Crippen molar-refractivity contribution in [3.63, 3.8) is 0 Å². The maximum atomic E-state index is 13.2. The Hall–Kier alpha value is -3.11. The number of fused-ring (bicyclic) bond motifs is 1. The number of thiophene rings is 1. The van der Waals surface area contributed by atoms with Crippen LogP contribution in [0.15, 0.2) is 63.9 Å². The van der Waals surface area contributed by atoms with Crippen molar-refractivity contribution in [2.45, 2.75) is 18.3 Å². The lowest BCUT2D eigenvalue weighted by Gasteiger charge is -2.13. The molecule has 0 spiro atoms. The van der Waals surface area contributed by atoms with Crippen molar-refractivity contribution in [2.24, 2.45) is 7.05 Å². The fraction of sp³-hybridized carbons (Fsp3) is 0.174. The van der Waals surface area contributed by atoms with E-state index in [0.29, 0.717) is 15.4 Å². The van der Waals surface area contributed by atoms with Crippen LogP contribution in [-0.4, -0.2) is 21.2 Å². The van der Waals surface area contributed by atoms with Gasteiger partial charge in [-0.3, -0.25) is 14.2 Å². The average Bonchev–Trinajstić information content (AvgIpc) is 3.19. The summed E-state index contributed by atoms with van der Waals surface area (Å²) in [6.07, 6.45) is -4.58. The first-order chi connectivity index (χ1) is 15.6. The number of nitrogens with zero attached hydrogens (tertiary/aromatic N) is 2. The number of carbonyl (C=O) groups is 1. The van der Waals surface area contributed by atoms with Crippen LogP contribution in [0, 0.1) is 6.92 Å². The summed E-state index contributed by atoms with van der Waals surface area (Å²) < 4.78 is 41.3. The fourth-order valence-electron chi connectivity index (χ4n) is 3.25. The van der Waals surface area contributed by atoms with Gasteiger partial charge in [0.15, 0.2) is 5.16 Å². The SMILES string of the molecule is Cc1ccc(-c2csc3c(=O)n(C)c(SCC(=O)Nc4ccccc4C(F)(F)F)nc23)cc1. The molecule has 0 bridgehead atoms. The van der Waals surface area contributed by atoms with E-state index in [2.05, 4.69) is 10.3 Å². The molecule has 2 heterocycles. The first-order valence-electron chi connectivity index (χ1n) is 9.79. The van der Waals surface area contributed by atoms with Crippen LogP contribution in [0.5, 0.6) is 0 Å². The maximum Gasteiger partial charge on any atom is 0.418 e. The molecule has 5 nitrogen and oxygen atoms in total. The Morgan fingerprint density at radius 3 is 2.55 bits per heavy atom. The Labute approximate surface area is 195 Å². The number of rotatable bonds is 5. The molecule has 1 N–H and O–H groups in total. The minimum absolute atomic E-state index is 0.206. The van der Waals surface area contributed by atoms with E-state index >= 15 is 0 Å². The standard InChI is InChI=1S/C23H18F3N3O2S2/c1-13-7-9-14(10-8-13)15-11-32-20-19(15)28-22(29(2)21(20)31)33-12-18(30)27-17-6-4-3-5-16(17)23(24,25)26/h3-11H,12H2,1-2H3,(H,27,30). The van der Waals surface area contributed by atoms with Gasteiger partial charge < -0.3 is 5.32 Å². The molecule has 10 heteroatoms. The van der Waals surface area contributed by atoms with Crippen LogP contribution in [-0.2, 0) is 18.0 Å². The zero-order valence-electron chi connectivity index (χ0n) is 17.6. The highest BCUT2D eigenvalue weighted by Gasteiger charge is 2.33. The molecule has 170 valence electrons. The zero-order valence-corrected chi connectivity index (χ0v) is 19.2. The fourth-order valence-corrected chi connectivity index (χ4v) is 5.00. The summed E-state index contributed by atoms with van der Waals surface area (Å²) in [5.74, 6) is -0.836. The van der Waals surface area contributed by atoms with Crippen molar-refractivity contribution >= 4 is 44.9 Å². The maximum absolute atomic E-state index is 13.2. The second kappa shape index (κ2) is 9.03. The van der Waals surface area contributed by atoms with Crippen molar-refractivity contribution < 1.29 is 18.0 Å². The molecular weight excluding hydrogens is 471 g/mol. The Kier molecular flexibility index (Phi) is 6.31. The minimum Gasteiger partial charge on any atom is -0.325 e. The monoisotopic (exact) mass is 489 g/mol. The van der Waals surface area contributed by atoms with Gasteiger partial charge in [-0.2, -0.15) is 13.2 Å². The van der Waals surface area contributed by atoms with Crippen LogP contribution in [0.3, 0.4) is 0 Å². The molecule has 2 aromatic carbocycles. The van der Waals surface area contributed by atoms with Gasteiger partial charge in [-0.05, 0) is 24.6 Å². The first kappa shape index (κ1) is 23.1. The lowest BCUT2D eigenvalue weighted by Crippen LogP contribution is -2.21. The number of amides is 1. The number of hydrogen-bond acceptors (Lipinski definition) is 5. The molecule has 0 aliphatic carbocycles. The Bertz CT molecular complexity index is 1390. The van der Waals surface area contributed by atoms with Crippen LogP contribution < -0.4 is 10.9 Å². The summed E-state index contributed by atoms with van der Waals surface area (Å²) in [7, 11) is 1.55. The number of para-hydroxylation sites is 1. The third-order valence-electron chi connectivity index (χ3n) is 4.96. The van der Waals surface area contributed by atoms with Crippen LogP contribution in [0.2, 0.25) is 0 Å². The number of thioether (sulfide) groups is 1. The average molecular weight is 490 g/mol. The normalized spacial score (nSPS) is 11.7. The lowest BCUT2D eigenvalue weighted by molar-refractivity contribution is -0.137. The molecule has 4 aromatic rings. The molecule has 0 aliphatic rings. The van der Waals surface area contributed by atoms with Gasteiger partial charge in [-0.25, -0.2) is 4.98 Å². The van der Waals surface area contributed by atoms with E-state index < -0.39 is 17.6 Å². The van der Waals surface area contributed by atoms with Crippen LogP contribution >= 0.6 is 23.1 Å². The van der Waals surface area contributed by atoms with Crippen molar-refractivity contribution in [2.75, 3.05) is 11.1 Å². The van der Waals surface area contributed by atoms with Gasteiger partial charge in [0.05, 0.1) is 22.5 Å². The molecule has 1 amide bonds. The number of aromatic nitrogens is 2. The van der Waals surface area contributed by atoms with Gasteiger partial charge in [0.25, 0.3) is 5.56 Å². The zero-order chi connectivity index (χ0) is 23.8. The highest BCUT2D eigenvalue weighted by atomic mass is 32.2. The highest BCUT2D eigenvalue weighted by Crippen LogP contribution is 2.35. The molecule has 0 aliphatic heterocycles. The molecule has 0 radical (unpaired) electrons. The third kappa shape index (κ3) is 4.81. The smallest absolute Gasteiger partial charge is 0.325 e. The molecule has 0 fully saturated rings. The Morgan fingerprint density at radius 2 is 1.85 bits per heavy atom. The predicted octanol–water partition coefficient (Wildman–Crippen LogP) is 5.72. The van der Waals surface area contributed by atoms with Crippen LogP contribution in [0.4, 0.5) is 18.9 Å². The number of nitrogens with one attached hydrogen (secondary N) is 1. The van der Waals surface area contributed by atoms with Gasteiger partial charge >= 0.3 is 6.18 Å². The summed E-state index contributed by atoms with van der Waals surface area (Å²) in [5.41, 5.74) is 1.91. The molecule has 0 saturated carbocycles. The second-order valence-corrected chi connectivity index (χ2v) is 9.15. The van der Waals surface area contributed by atoms with Gasteiger partial charge in [0, 0.05) is 18.0 Å². The van der Waals surface area contributed by atoms with Crippen molar-refractivity contribution in [1.29, 1.82) is 0 Å². The summed E-state index contributed by atoms with van der Waals surface area (Å²) in [5, 5.41) is 4.48. The van der Waals surface area contributed by atoms with E-state index in [-0.39, 0.29) is 17.0 Å². The van der Waals surface area contributed by atoms with Gasteiger partial charge in [-0.1, -0.05) is 53.7 Å². The molecular formula is C23H18F3N3O2S2. The van der Waals surface area contributed by atoms with Gasteiger partial charge in [0.1, 0.15) is 4.70 Å². The third-order valence-corrected chi connectivity index (χ3v) is 6.95. The van der Waals surface area contributed by atoms with Gasteiger partial charge in [0.2, 0.25) is 5.91 Å². The molecule has 0 saturated heterocycles. The first-order valence-corrected chi connectivity index (χ1v) is 11.7. The number of alkyl halides is 3. The van der Waals surface area contributed by atoms with Crippen molar-refractivity contribution in [3.8, 4) is 11.1 Å². The summed E-state index contributed by atoms with van der Waals surface area (Å²) in [6.45, 7) is 1.98. The number of benzene rings is 2. The van der Waals surface area contributed by atoms with E-state index in [0.717, 1.165) is 34.5 Å². The summed E-state index contributed by atoms with van der Waals surface area (Å²) >= 11 is 2.29.